The summed E-state index contributed by atoms with van der Waals surface area (Å²) in [6.07, 6.45) is 2.26. The molecule has 110 valence electrons. The van der Waals surface area contributed by atoms with E-state index in [-0.39, 0.29) is 18.6 Å². The molecule has 1 amide bonds. The van der Waals surface area contributed by atoms with Crippen molar-refractivity contribution in [2.75, 3.05) is 19.8 Å². The number of carbonyl (C=O) groups excluding carboxylic acids is 1. The molecule has 0 radical (unpaired) electrons. The van der Waals surface area contributed by atoms with Gasteiger partial charge in [-0.05, 0) is 49.9 Å². The Kier molecular flexibility index (Phi) is 5.43. The summed E-state index contributed by atoms with van der Waals surface area (Å²) in [5, 5.41) is 2.84. The molecule has 1 aromatic carbocycles. The highest BCUT2D eigenvalue weighted by atomic mass is 79.9. The Bertz CT molecular complexity index is 461. The van der Waals surface area contributed by atoms with Gasteiger partial charge < -0.3 is 14.8 Å². The summed E-state index contributed by atoms with van der Waals surface area (Å²) in [5.41, 5.74) is 2.19. The van der Waals surface area contributed by atoms with Gasteiger partial charge in [0.25, 0.3) is 5.91 Å². The largest absolute Gasteiger partial charge is 0.484 e. The summed E-state index contributed by atoms with van der Waals surface area (Å²) in [6, 6.07) is 3.84. The molecule has 1 N–H and O–H groups in total. The first kappa shape index (κ1) is 15.3. The first-order valence-electron chi connectivity index (χ1n) is 6.84. The molecule has 0 aromatic heterocycles. The molecule has 4 nitrogen and oxygen atoms in total. The van der Waals surface area contributed by atoms with Gasteiger partial charge in [-0.15, -0.1) is 0 Å². The first-order valence-corrected chi connectivity index (χ1v) is 7.63. The molecular formula is C15H20BrNO3. The van der Waals surface area contributed by atoms with Crippen LogP contribution in [0.2, 0.25) is 0 Å². The number of carbonyl (C=O) groups is 1. The smallest absolute Gasteiger partial charge is 0.258 e. The van der Waals surface area contributed by atoms with Crippen LogP contribution in [0.15, 0.2) is 16.6 Å². The third-order valence-electron chi connectivity index (χ3n) is 3.33. The van der Waals surface area contributed by atoms with Crippen molar-refractivity contribution < 1.29 is 14.3 Å². The van der Waals surface area contributed by atoms with Gasteiger partial charge in [0.05, 0.1) is 6.10 Å². The van der Waals surface area contributed by atoms with Crippen molar-refractivity contribution in [3.05, 3.63) is 27.7 Å². The van der Waals surface area contributed by atoms with Crippen LogP contribution in [0, 0.1) is 13.8 Å². The van der Waals surface area contributed by atoms with Crippen LogP contribution in [0.1, 0.15) is 24.0 Å². The molecule has 1 atom stereocenters. The van der Waals surface area contributed by atoms with E-state index < -0.39 is 0 Å². The number of rotatable bonds is 5. The summed E-state index contributed by atoms with van der Waals surface area (Å²) in [7, 11) is 0. The second-order valence-electron chi connectivity index (χ2n) is 5.10. The zero-order chi connectivity index (χ0) is 14.5. The fourth-order valence-corrected chi connectivity index (χ4v) is 2.45. The van der Waals surface area contributed by atoms with E-state index in [2.05, 4.69) is 21.2 Å². The van der Waals surface area contributed by atoms with Gasteiger partial charge in [0.1, 0.15) is 5.75 Å². The molecule has 20 heavy (non-hydrogen) atoms. The minimum atomic E-state index is -0.112. The Morgan fingerprint density at radius 3 is 2.75 bits per heavy atom. The predicted octanol–water partition coefficient (Wildman–Crippen LogP) is 2.74. The number of aryl methyl sites for hydroxylation is 2. The maximum Gasteiger partial charge on any atom is 0.258 e. The molecule has 1 saturated heterocycles. The molecule has 0 aliphatic carbocycles. The van der Waals surface area contributed by atoms with E-state index in [1.807, 2.05) is 26.0 Å². The van der Waals surface area contributed by atoms with Gasteiger partial charge in [-0.2, -0.15) is 0 Å². The van der Waals surface area contributed by atoms with Gasteiger partial charge in [0, 0.05) is 17.6 Å². The second kappa shape index (κ2) is 7.09. The molecule has 1 heterocycles. The molecule has 1 fully saturated rings. The summed E-state index contributed by atoms with van der Waals surface area (Å²) in [6.45, 7) is 5.41. The van der Waals surface area contributed by atoms with Crippen molar-refractivity contribution in [1.29, 1.82) is 0 Å². The van der Waals surface area contributed by atoms with Crippen LogP contribution >= 0.6 is 15.9 Å². The fourth-order valence-electron chi connectivity index (χ4n) is 2.22. The summed E-state index contributed by atoms with van der Waals surface area (Å²) in [4.78, 5) is 11.7. The molecule has 2 rings (SSSR count). The van der Waals surface area contributed by atoms with Gasteiger partial charge in [-0.1, -0.05) is 15.9 Å². The SMILES string of the molecule is Cc1cc(OCC(=O)NCC2CCCO2)cc(C)c1Br. The van der Waals surface area contributed by atoms with Crippen LogP contribution in [0.25, 0.3) is 0 Å². The minimum Gasteiger partial charge on any atom is -0.484 e. The molecule has 1 aliphatic heterocycles. The normalized spacial score (nSPS) is 18.1. The molecular weight excluding hydrogens is 322 g/mol. The van der Waals surface area contributed by atoms with Crippen LogP contribution in [0.3, 0.4) is 0 Å². The third kappa shape index (κ3) is 4.21. The van der Waals surface area contributed by atoms with Crippen molar-refractivity contribution in [3.63, 3.8) is 0 Å². The topological polar surface area (TPSA) is 47.6 Å². The fraction of sp³-hybridized carbons (Fsp3) is 0.533. The predicted molar refractivity (Wildman–Crippen MR) is 81.1 cm³/mol. The van der Waals surface area contributed by atoms with Crippen LogP contribution in [-0.4, -0.2) is 31.8 Å². The van der Waals surface area contributed by atoms with Crippen LogP contribution in [0.5, 0.6) is 5.75 Å². The molecule has 1 aromatic rings. The summed E-state index contributed by atoms with van der Waals surface area (Å²) < 4.78 is 12.1. The quantitative estimate of drug-likeness (QED) is 0.895. The number of benzene rings is 1. The van der Waals surface area contributed by atoms with E-state index in [4.69, 9.17) is 9.47 Å². The van der Waals surface area contributed by atoms with Gasteiger partial charge in [0.15, 0.2) is 6.61 Å². The lowest BCUT2D eigenvalue weighted by molar-refractivity contribution is -0.123. The summed E-state index contributed by atoms with van der Waals surface area (Å²) in [5.74, 6) is 0.606. The Morgan fingerprint density at radius 1 is 1.45 bits per heavy atom. The first-order chi connectivity index (χ1) is 9.56. The maximum absolute atomic E-state index is 11.7. The van der Waals surface area contributed by atoms with E-state index in [1.54, 1.807) is 0 Å². The standard InChI is InChI=1S/C15H20BrNO3/c1-10-6-13(7-11(2)15(10)16)20-9-14(18)17-8-12-4-3-5-19-12/h6-7,12H,3-5,8-9H2,1-2H3,(H,17,18). The number of hydrogen-bond donors (Lipinski definition) is 1. The van der Waals surface area contributed by atoms with Gasteiger partial charge in [-0.3, -0.25) is 4.79 Å². The lowest BCUT2D eigenvalue weighted by Crippen LogP contribution is -2.35. The Balaban J connectivity index is 1.78. The number of ether oxygens (including phenoxy) is 2. The zero-order valence-corrected chi connectivity index (χ0v) is 13.5. The zero-order valence-electron chi connectivity index (χ0n) is 11.9. The molecule has 5 heteroatoms. The second-order valence-corrected chi connectivity index (χ2v) is 5.89. The van der Waals surface area contributed by atoms with Crippen molar-refractivity contribution in [2.45, 2.75) is 32.8 Å². The van der Waals surface area contributed by atoms with Crippen molar-refractivity contribution in [3.8, 4) is 5.75 Å². The van der Waals surface area contributed by atoms with E-state index in [0.717, 1.165) is 40.8 Å². The lowest BCUT2D eigenvalue weighted by atomic mass is 10.1. The van der Waals surface area contributed by atoms with Crippen LogP contribution in [0.4, 0.5) is 0 Å². The van der Waals surface area contributed by atoms with E-state index in [1.165, 1.54) is 0 Å². The number of nitrogens with one attached hydrogen (secondary N) is 1. The third-order valence-corrected chi connectivity index (χ3v) is 4.58. The Hall–Kier alpha value is -1.07. The van der Waals surface area contributed by atoms with E-state index >= 15 is 0 Å². The van der Waals surface area contributed by atoms with Crippen molar-refractivity contribution in [1.82, 2.24) is 5.32 Å². The molecule has 0 saturated carbocycles. The van der Waals surface area contributed by atoms with Crippen molar-refractivity contribution in [2.24, 2.45) is 0 Å². The minimum absolute atomic E-state index is 0.0350. The molecule has 1 aliphatic rings. The highest BCUT2D eigenvalue weighted by molar-refractivity contribution is 9.10. The monoisotopic (exact) mass is 341 g/mol. The van der Waals surface area contributed by atoms with Gasteiger partial charge >= 0.3 is 0 Å². The van der Waals surface area contributed by atoms with E-state index in [0.29, 0.717) is 6.54 Å². The number of amides is 1. The highest BCUT2D eigenvalue weighted by Gasteiger charge is 2.16. The molecule has 0 bridgehead atoms. The Labute approximate surface area is 128 Å². The van der Waals surface area contributed by atoms with Crippen LogP contribution < -0.4 is 10.1 Å². The van der Waals surface area contributed by atoms with E-state index in [9.17, 15) is 4.79 Å². The van der Waals surface area contributed by atoms with Crippen LogP contribution in [-0.2, 0) is 9.53 Å². The number of halogens is 1. The van der Waals surface area contributed by atoms with Crippen molar-refractivity contribution >= 4 is 21.8 Å². The average Bonchev–Trinajstić information content (AvgIpc) is 2.93. The van der Waals surface area contributed by atoms with Gasteiger partial charge in [0.2, 0.25) is 0 Å². The molecule has 1 unspecified atom stereocenters. The maximum atomic E-state index is 11.7. The lowest BCUT2D eigenvalue weighted by Gasteiger charge is -2.12. The highest BCUT2D eigenvalue weighted by Crippen LogP contribution is 2.26. The van der Waals surface area contributed by atoms with Gasteiger partial charge in [-0.25, -0.2) is 0 Å². The summed E-state index contributed by atoms with van der Waals surface area (Å²) >= 11 is 3.51. The number of hydrogen-bond acceptors (Lipinski definition) is 3. The molecule has 0 spiro atoms. The average molecular weight is 342 g/mol. The Morgan fingerprint density at radius 2 is 2.15 bits per heavy atom.